The summed E-state index contributed by atoms with van der Waals surface area (Å²) in [5.74, 6) is 1.78. The van der Waals surface area contributed by atoms with Crippen LogP contribution >= 0.6 is 0 Å². The second-order valence-corrected chi connectivity index (χ2v) is 7.34. The van der Waals surface area contributed by atoms with Gasteiger partial charge in [0.15, 0.2) is 0 Å². The molecule has 0 aromatic carbocycles. The Labute approximate surface area is 115 Å². The van der Waals surface area contributed by atoms with Gasteiger partial charge in [0.1, 0.15) is 6.10 Å². The summed E-state index contributed by atoms with van der Waals surface area (Å²) in [5, 5.41) is 9.72. The fraction of sp³-hybridized carbons (Fsp3) is 0.938. The van der Waals surface area contributed by atoms with Crippen molar-refractivity contribution in [3.63, 3.8) is 0 Å². The van der Waals surface area contributed by atoms with Crippen LogP contribution in [0.1, 0.15) is 52.4 Å². The van der Waals surface area contributed by atoms with Crippen LogP contribution in [0.2, 0.25) is 0 Å². The fourth-order valence-corrected chi connectivity index (χ4v) is 4.95. The minimum absolute atomic E-state index is 0.0157. The summed E-state index contributed by atoms with van der Waals surface area (Å²) in [6.45, 7) is 4.31. The minimum atomic E-state index is -0.0157. The molecule has 0 radical (unpaired) electrons. The Kier molecular flexibility index (Phi) is 3.36. The smallest absolute Gasteiger partial charge is 0.308 e. The zero-order chi connectivity index (χ0) is 13.6. The molecule has 0 aromatic heterocycles. The van der Waals surface area contributed by atoms with Crippen molar-refractivity contribution in [3.8, 4) is 0 Å². The normalized spacial score (nSPS) is 45.2. The van der Waals surface area contributed by atoms with E-state index in [9.17, 15) is 9.90 Å². The molecule has 3 atom stereocenters. The third kappa shape index (κ3) is 2.20. The van der Waals surface area contributed by atoms with Crippen molar-refractivity contribution >= 4 is 5.97 Å². The molecule has 4 aliphatic rings. The molecule has 3 nitrogen and oxygen atoms in total. The average molecular weight is 266 g/mol. The predicted molar refractivity (Wildman–Crippen MR) is 72.4 cm³/mol. The molecule has 0 aliphatic heterocycles. The van der Waals surface area contributed by atoms with Crippen LogP contribution in [0, 0.1) is 29.1 Å². The number of carbonyl (C=O) groups is 1. The molecule has 0 saturated heterocycles. The Hall–Kier alpha value is -0.570. The van der Waals surface area contributed by atoms with Crippen molar-refractivity contribution in [1.29, 1.82) is 0 Å². The number of aliphatic hydroxyl groups is 1. The van der Waals surface area contributed by atoms with Gasteiger partial charge in [0.2, 0.25) is 0 Å². The van der Waals surface area contributed by atoms with E-state index in [0.717, 1.165) is 25.2 Å². The molecule has 3 heteroatoms. The molecule has 4 bridgehead atoms. The van der Waals surface area contributed by atoms with Crippen LogP contribution < -0.4 is 0 Å². The SMILES string of the molecule is CCC(C)C(=O)OC1C2CC3CC1CC(CO)(C3)C2. The summed E-state index contributed by atoms with van der Waals surface area (Å²) in [5.41, 5.74) is 0.162. The van der Waals surface area contributed by atoms with Crippen molar-refractivity contribution < 1.29 is 14.6 Å². The van der Waals surface area contributed by atoms with E-state index in [1.54, 1.807) is 0 Å². The minimum Gasteiger partial charge on any atom is -0.462 e. The van der Waals surface area contributed by atoms with Gasteiger partial charge in [0.25, 0.3) is 0 Å². The van der Waals surface area contributed by atoms with Crippen molar-refractivity contribution in [1.82, 2.24) is 0 Å². The largest absolute Gasteiger partial charge is 0.462 e. The van der Waals surface area contributed by atoms with Crippen LogP contribution in [0.4, 0.5) is 0 Å². The lowest BCUT2D eigenvalue weighted by molar-refractivity contribution is -0.189. The number of rotatable bonds is 4. The van der Waals surface area contributed by atoms with Gasteiger partial charge in [0, 0.05) is 6.61 Å². The number of aliphatic hydroxyl groups excluding tert-OH is 1. The summed E-state index contributed by atoms with van der Waals surface area (Å²) < 4.78 is 5.85. The van der Waals surface area contributed by atoms with Gasteiger partial charge in [-0.2, -0.15) is 0 Å². The Morgan fingerprint density at radius 1 is 1.32 bits per heavy atom. The van der Waals surface area contributed by atoms with Gasteiger partial charge in [-0.1, -0.05) is 13.8 Å². The lowest BCUT2D eigenvalue weighted by atomic mass is 9.49. The first kappa shape index (κ1) is 13.4. The molecule has 108 valence electrons. The number of esters is 1. The standard InChI is InChI=1S/C16H26O3/c1-3-10(2)15(18)19-14-12-4-11-5-13(14)8-16(6-11,7-12)9-17/h10-14,17H,3-9H2,1-2H3. The molecule has 4 aliphatic carbocycles. The average Bonchev–Trinajstić information content (AvgIpc) is 2.41. The number of hydrogen-bond acceptors (Lipinski definition) is 3. The van der Waals surface area contributed by atoms with Crippen molar-refractivity contribution in [2.45, 2.75) is 58.5 Å². The molecular formula is C16H26O3. The first-order valence-electron chi connectivity index (χ1n) is 7.88. The van der Waals surface area contributed by atoms with Crippen LogP contribution in [0.5, 0.6) is 0 Å². The van der Waals surface area contributed by atoms with Crippen molar-refractivity contribution in [3.05, 3.63) is 0 Å². The van der Waals surface area contributed by atoms with Gasteiger partial charge in [0.05, 0.1) is 5.92 Å². The van der Waals surface area contributed by atoms with E-state index in [0.29, 0.717) is 18.4 Å². The molecular weight excluding hydrogens is 240 g/mol. The number of ether oxygens (including phenoxy) is 1. The summed E-state index contributed by atoms with van der Waals surface area (Å²) in [7, 11) is 0. The van der Waals surface area contributed by atoms with Crippen LogP contribution in [0.15, 0.2) is 0 Å². The van der Waals surface area contributed by atoms with Gasteiger partial charge < -0.3 is 9.84 Å². The fourth-order valence-electron chi connectivity index (χ4n) is 4.95. The van der Waals surface area contributed by atoms with E-state index in [1.807, 2.05) is 13.8 Å². The molecule has 0 amide bonds. The van der Waals surface area contributed by atoms with Crippen LogP contribution in [-0.2, 0) is 9.53 Å². The first-order chi connectivity index (χ1) is 9.07. The van der Waals surface area contributed by atoms with E-state index < -0.39 is 0 Å². The first-order valence-corrected chi connectivity index (χ1v) is 7.88. The summed E-state index contributed by atoms with van der Waals surface area (Å²) in [6, 6.07) is 0. The van der Waals surface area contributed by atoms with Crippen LogP contribution in [0.25, 0.3) is 0 Å². The molecule has 1 N–H and O–H groups in total. The van der Waals surface area contributed by atoms with E-state index in [1.165, 1.54) is 19.3 Å². The Balaban J connectivity index is 1.71. The predicted octanol–water partition coefficient (Wildman–Crippen LogP) is 2.76. The highest BCUT2D eigenvalue weighted by atomic mass is 16.5. The summed E-state index contributed by atoms with van der Waals surface area (Å²) in [6.07, 6.45) is 6.72. The number of carbonyl (C=O) groups excluding carboxylic acids is 1. The van der Waals surface area contributed by atoms with Gasteiger partial charge in [-0.25, -0.2) is 0 Å². The summed E-state index contributed by atoms with van der Waals surface area (Å²) >= 11 is 0. The van der Waals surface area contributed by atoms with Gasteiger partial charge in [-0.3, -0.25) is 4.79 Å². The van der Waals surface area contributed by atoms with Crippen LogP contribution in [-0.4, -0.2) is 23.8 Å². The van der Waals surface area contributed by atoms with E-state index >= 15 is 0 Å². The Morgan fingerprint density at radius 3 is 2.47 bits per heavy atom. The number of hydrogen-bond donors (Lipinski definition) is 1. The third-order valence-corrected chi connectivity index (χ3v) is 5.92. The second kappa shape index (κ2) is 4.76. The highest BCUT2D eigenvalue weighted by molar-refractivity contribution is 5.72. The molecule has 4 fully saturated rings. The highest BCUT2D eigenvalue weighted by Gasteiger charge is 2.56. The van der Waals surface area contributed by atoms with Crippen molar-refractivity contribution in [2.75, 3.05) is 6.61 Å². The van der Waals surface area contributed by atoms with Gasteiger partial charge >= 0.3 is 5.97 Å². The zero-order valence-electron chi connectivity index (χ0n) is 12.1. The Morgan fingerprint density at radius 2 is 1.95 bits per heavy atom. The monoisotopic (exact) mass is 266 g/mol. The van der Waals surface area contributed by atoms with E-state index in [-0.39, 0.29) is 23.4 Å². The molecule has 0 heterocycles. The topological polar surface area (TPSA) is 46.5 Å². The van der Waals surface area contributed by atoms with Crippen molar-refractivity contribution in [2.24, 2.45) is 29.1 Å². The maximum absolute atomic E-state index is 12.0. The highest BCUT2D eigenvalue weighted by Crippen LogP contribution is 2.60. The molecule has 4 rings (SSSR count). The molecule has 19 heavy (non-hydrogen) atoms. The molecule has 3 unspecified atom stereocenters. The maximum Gasteiger partial charge on any atom is 0.308 e. The van der Waals surface area contributed by atoms with Gasteiger partial charge in [-0.15, -0.1) is 0 Å². The zero-order valence-corrected chi connectivity index (χ0v) is 12.1. The lowest BCUT2D eigenvalue weighted by Crippen LogP contribution is -2.56. The molecule has 4 saturated carbocycles. The molecule has 0 aromatic rings. The van der Waals surface area contributed by atoms with Gasteiger partial charge in [-0.05, 0) is 61.7 Å². The Bertz CT molecular complexity index is 349. The quantitative estimate of drug-likeness (QED) is 0.796. The van der Waals surface area contributed by atoms with E-state index in [4.69, 9.17) is 4.74 Å². The van der Waals surface area contributed by atoms with E-state index in [2.05, 4.69) is 0 Å². The lowest BCUT2D eigenvalue weighted by Gasteiger charge is -2.59. The van der Waals surface area contributed by atoms with Crippen LogP contribution in [0.3, 0.4) is 0 Å². The maximum atomic E-state index is 12.0. The second-order valence-electron chi connectivity index (χ2n) is 7.34. The molecule has 0 spiro atoms. The third-order valence-electron chi connectivity index (χ3n) is 5.92. The summed E-state index contributed by atoms with van der Waals surface area (Å²) in [4.78, 5) is 12.0.